The number of rotatable bonds is 5. The van der Waals surface area contributed by atoms with Crippen LogP contribution >= 0.6 is 0 Å². The molecule has 1 saturated carbocycles. The number of aromatic nitrogens is 1. The Bertz CT molecular complexity index is 912. The summed E-state index contributed by atoms with van der Waals surface area (Å²) in [7, 11) is 0. The molecule has 1 atom stereocenters. The minimum absolute atomic E-state index is 0.0642. The van der Waals surface area contributed by atoms with E-state index in [-0.39, 0.29) is 12.5 Å². The Balaban J connectivity index is 1.61. The Morgan fingerprint density at radius 2 is 2.12 bits per heavy atom. The summed E-state index contributed by atoms with van der Waals surface area (Å²) in [6.45, 7) is 1.68. The van der Waals surface area contributed by atoms with Crippen LogP contribution < -0.4 is 5.32 Å². The van der Waals surface area contributed by atoms with Crippen LogP contribution in [0.1, 0.15) is 47.5 Å². The van der Waals surface area contributed by atoms with Crippen molar-refractivity contribution in [1.29, 1.82) is 0 Å². The minimum atomic E-state index is -1.26. The molecule has 25 heavy (non-hydrogen) atoms. The van der Waals surface area contributed by atoms with Crippen molar-refractivity contribution >= 4 is 16.8 Å². The third-order valence-electron chi connectivity index (χ3n) is 4.62. The highest BCUT2D eigenvalue weighted by Crippen LogP contribution is 2.40. The molecule has 1 aliphatic rings. The Morgan fingerprint density at radius 3 is 2.84 bits per heavy atom. The molecule has 1 amide bonds. The zero-order valence-electron chi connectivity index (χ0n) is 14.0. The van der Waals surface area contributed by atoms with Gasteiger partial charge in [-0.05, 0) is 44.0 Å². The van der Waals surface area contributed by atoms with Gasteiger partial charge in [0.15, 0.2) is 0 Å². The Hall–Kier alpha value is -2.66. The molecule has 5 nitrogen and oxygen atoms in total. The summed E-state index contributed by atoms with van der Waals surface area (Å²) in [5.41, 5.74) is 1.14. The lowest BCUT2D eigenvalue weighted by molar-refractivity contribution is 0.0330. The lowest BCUT2D eigenvalue weighted by Gasteiger charge is -2.21. The van der Waals surface area contributed by atoms with Crippen molar-refractivity contribution in [3.8, 4) is 0 Å². The number of para-hydroxylation sites is 1. The summed E-state index contributed by atoms with van der Waals surface area (Å²) in [5.74, 6) is 0.667. The number of aliphatic hydroxyl groups is 1. The molecule has 0 bridgehead atoms. The van der Waals surface area contributed by atoms with Gasteiger partial charge in [0.2, 0.25) is 0 Å². The summed E-state index contributed by atoms with van der Waals surface area (Å²) in [6, 6.07) is 12.9. The van der Waals surface area contributed by atoms with Crippen molar-refractivity contribution in [2.75, 3.05) is 6.54 Å². The molecule has 2 aromatic heterocycles. The fourth-order valence-electron chi connectivity index (χ4n) is 2.99. The molecule has 2 heterocycles. The van der Waals surface area contributed by atoms with Gasteiger partial charge in [0.05, 0.1) is 23.9 Å². The largest absolute Gasteiger partial charge is 0.466 e. The maximum Gasteiger partial charge on any atom is 0.252 e. The highest BCUT2D eigenvalue weighted by Gasteiger charge is 2.29. The number of hydrogen-bond acceptors (Lipinski definition) is 4. The van der Waals surface area contributed by atoms with Crippen LogP contribution in [0.3, 0.4) is 0 Å². The second kappa shape index (κ2) is 6.01. The first-order valence-corrected chi connectivity index (χ1v) is 8.49. The van der Waals surface area contributed by atoms with Crippen LogP contribution in [0.5, 0.6) is 0 Å². The van der Waals surface area contributed by atoms with Crippen LogP contribution in [0.15, 0.2) is 53.1 Å². The van der Waals surface area contributed by atoms with Crippen LogP contribution in [-0.4, -0.2) is 22.5 Å². The van der Waals surface area contributed by atoms with Gasteiger partial charge in [-0.25, -0.2) is 0 Å². The minimum Gasteiger partial charge on any atom is -0.466 e. The molecule has 0 spiro atoms. The molecule has 128 valence electrons. The molecule has 2 N–H and O–H groups in total. The molecule has 1 fully saturated rings. The van der Waals surface area contributed by atoms with E-state index in [2.05, 4.69) is 10.3 Å². The van der Waals surface area contributed by atoms with Crippen LogP contribution in [0.25, 0.3) is 10.9 Å². The van der Waals surface area contributed by atoms with Crippen molar-refractivity contribution in [3.05, 3.63) is 65.7 Å². The van der Waals surface area contributed by atoms with Crippen LogP contribution in [0, 0.1) is 0 Å². The quantitative estimate of drug-likeness (QED) is 0.749. The number of fused-ring (bicyclic) bond motifs is 1. The summed E-state index contributed by atoms with van der Waals surface area (Å²) < 4.78 is 5.25. The van der Waals surface area contributed by atoms with Crippen LogP contribution in [0.2, 0.25) is 0 Å². The van der Waals surface area contributed by atoms with E-state index >= 15 is 0 Å². The van der Waals surface area contributed by atoms with Crippen molar-refractivity contribution in [3.63, 3.8) is 0 Å². The smallest absolute Gasteiger partial charge is 0.252 e. The van der Waals surface area contributed by atoms with E-state index in [0.717, 1.165) is 29.4 Å². The number of pyridine rings is 1. The van der Waals surface area contributed by atoms with E-state index in [4.69, 9.17) is 4.42 Å². The summed E-state index contributed by atoms with van der Waals surface area (Å²) >= 11 is 0. The fraction of sp³-hybridized carbons (Fsp3) is 0.300. The number of benzene rings is 1. The van der Waals surface area contributed by atoms with E-state index in [0.29, 0.717) is 17.2 Å². The Labute approximate surface area is 145 Å². The molecule has 5 heteroatoms. The highest BCUT2D eigenvalue weighted by molar-refractivity contribution is 6.06. The molecule has 0 radical (unpaired) electrons. The number of hydrogen-bond donors (Lipinski definition) is 2. The normalized spacial score (nSPS) is 16.6. The Kier molecular flexibility index (Phi) is 3.81. The molecule has 3 aromatic rings. The van der Waals surface area contributed by atoms with E-state index < -0.39 is 5.60 Å². The topological polar surface area (TPSA) is 75.4 Å². The first-order valence-electron chi connectivity index (χ1n) is 8.49. The van der Waals surface area contributed by atoms with Crippen LogP contribution in [0.4, 0.5) is 0 Å². The number of nitrogens with zero attached hydrogens (tertiary/aromatic N) is 1. The van der Waals surface area contributed by atoms with Crippen LogP contribution in [-0.2, 0) is 5.60 Å². The number of furan rings is 1. The predicted octanol–water partition coefficient (Wildman–Crippen LogP) is 3.34. The second-order valence-corrected chi connectivity index (χ2v) is 6.82. The fourth-order valence-corrected chi connectivity index (χ4v) is 2.99. The molecule has 4 rings (SSSR count). The number of carbonyl (C=O) groups is 1. The number of carbonyl (C=O) groups excluding carboxylic acids is 1. The van der Waals surface area contributed by atoms with Gasteiger partial charge in [0.25, 0.3) is 5.91 Å². The first-order chi connectivity index (χ1) is 12.0. The third-order valence-corrected chi connectivity index (χ3v) is 4.62. The van der Waals surface area contributed by atoms with Gasteiger partial charge in [-0.15, -0.1) is 0 Å². The molecule has 0 aliphatic heterocycles. The van der Waals surface area contributed by atoms with Gasteiger partial charge >= 0.3 is 0 Å². The molecule has 1 aliphatic carbocycles. The predicted molar refractivity (Wildman–Crippen MR) is 94.3 cm³/mol. The summed E-state index contributed by atoms with van der Waals surface area (Å²) in [4.78, 5) is 17.5. The highest BCUT2D eigenvalue weighted by atomic mass is 16.4. The average Bonchev–Trinajstić information content (AvgIpc) is 3.32. The molecular formula is C20H20N2O3. The van der Waals surface area contributed by atoms with E-state index in [1.807, 2.05) is 30.3 Å². The van der Waals surface area contributed by atoms with Crippen molar-refractivity contribution in [2.45, 2.75) is 31.3 Å². The van der Waals surface area contributed by atoms with Gasteiger partial charge in [0, 0.05) is 17.0 Å². The number of amides is 1. The molecule has 1 aromatic carbocycles. The van der Waals surface area contributed by atoms with Crippen molar-refractivity contribution in [2.24, 2.45) is 0 Å². The van der Waals surface area contributed by atoms with Gasteiger partial charge in [-0.1, -0.05) is 18.2 Å². The lowest BCUT2D eigenvalue weighted by atomic mass is 10.0. The molecule has 0 saturated heterocycles. The molecule has 1 unspecified atom stereocenters. The second-order valence-electron chi connectivity index (χ2n) is 6.82. The maximum atomic E-state index is 12.8. The summed E-state index contributed by atoms with van der Waals surface area (Å²) in [6.07, 6.45) is 3.75. The molecular weight excluding hydrogens is 316 g/mol. The van der Waals surface area contributed by atoms with Crippen molar-refractivity contribution < 1.29 is 14.3 Å². The Morgan fingerprint density at radius 1 is 1.32 bits per heavy atom. The first kappa shape index (κ1) is 15.8. The number of nitrogens with one attached hydrogen (secondary N) is 1. The van der Waals surface area contributed by atoms with E-state index in [1.54, 1.807) is 19.1 Å². The van der Waals surface area contributed by atoms with Gasteiger partial charge in [0.1, 0.15) is 11.4 Å². The SMILES string of the molecule is CC(O)(CNC(=O)c1cc(C2CC2)nc2ccccc12)c1ccco1. The van der Waals surface area contributed by atoms with Gasteiger partial charge in [-0.3, -0.25) is 9.78 Å². The zero-order chi connectivity index (χ0) is 17.4. The van der Waals surface area contributed by atoms with Gasteiger partial charge in [-0.2, -0.15) is 0 Å². The lowest BCUT2D eigenvalue weighted by Crippen LogP contribution is -2.38. The monoisotopic (exact) mass is 336 g/mol. The van der Waals surface area contributed by atoms with E-state index in [1.165, 1.54) is 6.26 Å². The zero-order valence-corrected chi connectivity index (χ0v) is 14.0. The maximum absolute atomic E-state index is 12.8. The summed E-state index contributed by atoms with van der Waals surface area (Å²) in [5, 5.41) is 14.2. The van der Waals surface area contributed by atoms with Gasteiger partial charge < -0.3 is 14.8 Å². The standard InChI is InChI=1S/C20H20N2O3/c1-20(24,18-7-4-10-25-18)12-21-19(23)15-11-17(13-8-9-13)22-16-6-3-2-5-14(15)16/h2-7,10-11,13,24H,8-9,12H2,1H3,(H,21,23). The van der Waals surface area contributed by atoms with E-state index in [9.17, 15) is 9.90 Å². The third kappa shape index (κ3) is 3.15. The average molecular weight is 336 g/mol. The van der Waals surface area contributed by atoms with Crippen molar-refractivity contribution in [1.82, 2.24) is 10.3 Å².